The largest absolute Gasteiger partial charge is 0.493 e. The van der Waals surface area contributed by atoms with E-state index in [-0.39, 0.29) is 5.91 Å². The highest BCUT2D eigenvalue weighted by Gasteiger charge is 2.22. The summed E-state index contributed by atoms with van der Waals surface area (Å²) in [5.41, 5.74) is 10.2. The Balaban J connectivity index is 1.61. The maximum atomic E-state index is 12.4. The summed E-state index contributed by atoms with van der Waals surface area (Å²) >= 11 is 0. The van der Waals surface area contributed by atoms with Gasteiger partial charge < -0.3 is 15.8 Å². The van der Waals surface area contributed by atoms with Gasteiger partial charge in [0.05, 0.1) is 6.61 Å². The van der Waals surface area contributed by atoms with E-state index in [1.165, 1.54) is 12.8 Å². The maximum Gasteiger partial charge on any atom is 0.241 e. The summed E-state index contributed by atoms with van der Waals surface area (Å²) < 4.78 is 5.95. The topological polar surface area (TPSA) is 64.4 Å². The molecule has 2 aromatic carbocycles. The fraction of sp³-hybridized carbons (Fsp3) is 0.381. The van der Waals surface area contributed by atoms with Gasteiger partial charge in [-0.15, -0.1) is 0 Å². The third-order valence-corrected chi connectivity index (χ3v) is 4.57. The second-order valence-corrected chi connectivity index (χ2v) is 6.97. The van der Waals surface area contributed by atoms with E-state index in [1.54, 1.807) is 0 Å². The third kappa shape index (κ3) is 4.83. The zero-order chi connectivity index (χ0) is 17.8. The molecule has 1 fully saturated rings. The van der Waals surface area contributed by atoms with Gasteiger partial charge in [0.1, 0.15) is 11.8 Å². The Bertz CT molecular complexity index is 736. The minimum atomic E-state index is -0.665. The van der Waals surface area contributed by atoms with Gasteiger partial charge in [0.2, 0.25) is 5.91 Å². The Labute approximate surface area is 149 Å². The summed E-state index contributed by atoms with van der Waals surface area (Å²) in [6, 6.07) is 13.1. The first-order chi connectivity index (χ1) is 12.0. The highest BCUT2D eigenvalue weighted by atomic mass is 16.5. The number of amides is 1. The van der Waals surface area contributed by atoms with Crippen LogP contribution in [0, 0.1) is 19.8 Å². The molecule has 1 amide bonds. The summed E-state index contributed by atoms with van der Waals surface area (Å²) in [7, 11) is 0. The quantitative estimate of drug-likeness (QED) is 0.813. The Morgan fingerprint density at radius 2 is 1.84 bits per heavy atom. The number of hydrogen-bond acceptors (Lipinski definition) is 3. The zero-order valence-corrected chi connectivity index (χ0v) is 14.9. The lowest BCUT2D eigenvalue weighted by molar-refractivity contribution is -0.122. The number of aryl methyl sites for hydroxylation is 2. The minimum absolute atomic E-state index is 0.183. The van der Waals surface area contributed by atoms with Crippen LogP contribution in [0.1, 0.15) is 41.1 Å². The number of carbonyl (C=O) groups is 1. The lowest BCUT2D eigenvalue weighted by Crippen LogP contribution is -2.33. The highest BCUT2D eigenvalue weighted by molar-refractivity contribution is 5.82. The predicted molar refractivity (Wildman–Crippen MR) is 99.4 cm³/mol. The number of carbonyl (C=O) groups excluding carboxylic acids is 1. The molecule has 0 heterocycles. The molecule has 1 aliphatic carbocycles. The first kappa shape index (κ1) is 17.5. The van der Waals surface area contributed by atoms with Crippen LogP contribution in [-0.2, 0) is 11.3 Å². The van der Waals surface area contributed by atoms with Gasteiger partial charge in [0, 0.05) is 12.1 Å². The Kier molecular flexibility index (Phi) is 5.39. The first-order valence-corrected chi connectivity index (χ1v) is 8.85. The van der Waals surface area contributed by atoms with Crippen LogP contribution in [0.5, 0.6) is 5.75 Å². The lowest BCUT2D eigenvalue weighted by atomic mass is 10.1. The summed E-state index contributed by atoms with van der Waals surface area (Å²) in [6.45, 7) is 5.22. The standard InChI is InChI=1S/C21H26N2O2/c1-14-3-8-17(9-4-14)20(22)21(24)23-12-18-10-5-15(2)11-19(18)25-13-16-6-7-16/h3-5,8-11,16,20H,6-7,12-13,22H2,1-2H3,(H,23,24). The molecule has 0 spiro atoms. The molecule has 3 rings (SSSR count). The van der Waals surface area contributed by atoms with Crippen molar-refractivity contribution in [1.29, 1.82) is 0 Å². The molecule has 0 radical (unpaired) electrons. The van der Waals surface area contributed by atoms with Crippen LogP contribution in [-0.4, -0.2) is 12.5 Å². The van der Waals surface area contributed by atoms with E-state index in [1.807, 2.05) is 56.3 Å². The van der Waals surface area contributed by atoms with Gasteiger partial charge in [0.15, 0.2) is 0 Å². The van der Waals surface area contributed by atoms with Crippen molar-refractivity contribution in [1.82, 2.24) is 5.32 Å². The Morgan fingerprint density at radius 3 is 2.52 bits per heavy atom. The molecule has 1 unspecified atom stereocenters. The van der Waals surface area contributed by atoms with Gasteiger partial charge in [-0.05, 0) is 49.8 Å². The molecular weight excluding hydrogens is 312 g/mol. The van der Waals surface area contributed by atoms with Crippen molar-refractivity contribution < 1.29 is 9.53 Å². The molecule has 4 heteroatoms. The molecule has 0 aromatic heterocycles. The number of benzene rings is 2. The molecule has 0 saturated heterocycles. The van der Waals surface area contributed by atoms with E-state index in [2.05, 4.69) is 5.32 Å². The van der Waals surface area contributed by atoms with Crippen molar-refractivity contribution in [3.05, 3.63) is 64.7 Å². The predicted octanol–water partition coefficient (Wildman–Crippen LogP) is 3.41. The summed E-state index contributed by atoms with van der Waals surface area (Å²) in [5.74, 6) is 1.37. The molecule has 1 saturated carbocycles. The van der Waals surface area contributed by atoms with Crippen LogP contribution in [0.3, 0.4) is 0 Å². The summed E-state index contributed by atoms with van der Waals surface area (Å²) in [5, 5.41) is 2.93. The van der Waals surface area contributed by atoms with Crippen LogP contribution in [0.4, 0.5) is 0 Å². The highest BCUT2D eigenvalue weighted by Crippen LogP contribution is 2.30. The van der Waals surface area contributed by atoms with Crippen molar-refractivity contribution in [2.75, 3.05) is 6.61 Å². The monoisotopic (exact) mass is 338 g/mol. The van der Waals surface area contributed by atoms with Crippen LogP contribution >= 0.6 is 0 Å². The fourth-order valence-electron chi connectivity index (χ4n) is 2.65. The van der Waals surface area contributed by atoms with E-state index in [0.717, 1.165) is 34.6 Å². The van der Waals surface area contributed by atoms with Gasteiger partial charge in [0.25, 0.3) is 0 Å². The molecular formula is C21H26N2O2. The first-order valence-electron chi connectivity index (χ1n) is 8.85. The van der Waals surface area contributed by atoms with Crippen molar-refractivity contribution in [3.8, 4) is 5.75 Å². The number of hydrogen-bond donors (Lipinski definition) is 2. The number of rotatable bonds is 7. The van der Waals surface area contributed by atoms with Gasteiger partial charge in [-0.3, -0.25) is 4.79 Å². The zero-order valence-electron chi connectivity index (χ0n) is 14.9. The smallest absolute Gasteiger partial charge is 0.241 e. The van der Waals surface area contributed by atoms with Gasteiger partial charge in [-0.2, -0.15) is 0 Å². The molecule has 4 nitrogen and oxygen atoms in total. The molecule has 2 aromatic rings. The number of nitrogens with two attached hydrogens (primary N) is 1. The Hall–Kier alpha value is -2.33. The minimum Gasteiger partial charge on any atom is -0.493 e. The van der Waals surface area contributed by atoms with Gasteiger partial charge in [-0.25, -0.2) is 0 Å². The average molecular weight is 338 g/mol. The second kappa shape index (κ2) is 7.70. The van der Waals surface area contributed by atoms with Crippen molar-refractivity contribution in [3.63, 3.8) is 0 Å². The SMILES string of the molecule is Cc1ccc(C(N)C(=O)NCc2ccc(C)cc2OCC2CC2)cc1. The fourth-order valence-corrected chi connectivity index (χ4v) is 2.65. The van der Waals surface area contributed by atoms with E-state index in [9.17, 15) is 4.79 Å². The van der Waals surface area contributed by atoms with E-state index < -0.39 is 6.04 Å². The molecule has 0 aliphatic heterocycles. The second-order valence-electron chi connectivity index (χ2n) is 6.97. The molecule has 3 N–H and O–H groups in total. The molecule has 1 atom stereocenters. The van der Waals surface area contributed by atoms with Crippen LogP contribution < -0.4 is 15.8 Å². The van der Waals surface area contributed by atoms with E-state index >= 15 is 0 Å². The molecule has 132 valence electrons. The number of ether oxygens (including phenoxy) is 1. The van der Waals surface area contributed by atoms with E-state index in [4.69, 9.17) is 10.5 Å². The summed E-state index contributed by atoms with van der Waals surface area (Å²) in [6.07, 6.45) is 2.51. The molecule has 25 heavy (non-hydrogen) atoms. The molecule has 1 aliphatic rings. The van der Waals surface area contributed by atoms with Crippen molar-refractivity contribution in [2.45, 2.75) is 39.3 Å². The Morgan fingerprint density at radius 1 is 1.16 bits per heavy atom. The molecule has 0 bridgehead atoms. The summed E-state index contributed by atoms with van der Waals surface area (Å²) in [4.78, 5) is 12.4. The maximum absolute atomic E-state index is 12.4. The van der Waals surface area contributed by atoms with Crippen LogP contribution in [0.25, 0.3) is 0 Å². The lowest BCUT2D eigenvalue weighted by Gasteiger charge is -2.15. The van der Waals surface area contributed by atoms with Gasteiger partial charge >= 0.3 is 0 Å². The third-order valence-electron chi connectivity index (χ3n) is 4.57. The van der Waals surface area contributed by atoms with Crippen molar-refractivity contribution in [2.24, 2.45) is 11.7 Å². The van der Waals surface area contributed by atoms with Crippen LogP contribution in [0.2, 0.25) is 0 Å². The van der Waals surface area contributed by atoms with Crippen molar-refractivity contribution >= 4 is 5.91 Å². The van der Waals surface area contributed by atoms with E-state index in [0.29, 0.717) is 12.5 Å². The van der Waals surface area contributed by atoms with Gasteiger partial charge in [-0.1, -0.05) is 42.0 Å². The van der Waals surface area contributed by atoms with Crippen LogP contribution in [0.15, 0.2) is 42.5 Å². The number of nitrogens with one attached hydrogen (secondary N) is 1. The average Bonchev–Trinajstić information content (AvgIpc) is 3.43. The normalized spacial score (nSPS) is 14.8.